The van der Waals surface area contributed by atoms with E-state index < -0.39 is 10.0 Å². The molecule has 0 saturated carbocycles. The van der Waals surface area contributed by atoms with Crippen LogP contribution in [0.25, 0.3) is 5.65 Å². The van der Waals surface area contributed by atoms with Crippen molar-refractivity contribution in [1.82, 2.24) is 23.9 Å². The van der Waals surface area contributed by atoms with E-state index in [1.54, 1.807) is 47.4 Å². The number of rotatable bonds is 6. The van der Waals surface area contributed by atoms with Gasteiger partial charge in [0.1, 0.15) is 13.7 Å². The van der Waals surface area contributed by atoms with Gasteiger partial charge in [0.15, 0.2) is 5.65 Å². The summed E-state index contributed by atoms with van der Waals surface area (Å²) in [5.74, 6) is 0.662. The van der Waals surface area contributed by atoms with Gasteiger partial charge in [-0.25, -0.2) is 13.4 Å². The molecule has 1 aliphatic rings. The van der Waals surface area contributed by atoms with Crippen LogP contribution in [0.3, 0.4) is 0 Å². The van der Waals surface area contributed by atoms with E-state index in [1.165, 1.54) is 4.31 Å². The first-order valence-corrected chi connectivity index (χ1v) is 12.5. The number of anilines is 2. The predicted molar refractivity (Wildman–Crippen MR) is 132 cm³/mol. The van der Waals surface area contributed by atoms with Crippen molar-refractivity contribution in [3.8, 4) is 0 Å². The zero-order valence-electron chi connectivity index (χ0n) is 18.5. The number of pyridine rings is 1. The van der Waals surface area contributed by atoms with Gasteiger partial charge in [-0.2, -0.15) is 13.9 Å². The van der Waals surface area contributed by atoms with Crippen molar-refractivity contribution in [2.45, 2.75) is 30.2 Å². The molecule has 1 fully saturated rings. The SMILES string of the molecule is [B]c1cnn2c(NCc3cccnc3)cc(C3CCCN(S(=O)(=O)c4ccc(N)cc4)C3)nc12. The minimum absolute atomic E-state index is 0.0736. The minimum atomic E-state index is -3.63. The molecule has 0 amide bonds. The highest BCUT2D eigenvalue weighted by Gasteiger charge is 2.32. The number of nitrogen functional groups attached to an aromatic ring is 1. The molecule has 1 aliphatic heterocycles. The van der Waals surface area contributed by atoms with Gasteiger partial charge in [-0.3, -0.25) is 4.98 Å². The number of nitrogens with zero attached hydrogens (tertiary/aromatic N) is 5. The smallest absolute Gasteiger partial charge is 0.243 e. The molecule has 4 aromatic rings. The highest BCUT2D eigenvalue weighted by atomic mass is 32.2. The molecule has 0 spiro atoms. The molecule has 1 atom stereocenters. The van der Waals surface area contributed by atoms with E-state index in [4.69, 9.17) is 18.6 Å². The Morgan fingerprint density at radius 3 is 2.76 bits per heavy atom. The van der Waals surface area contributed by atoms with Gasteiger partial charge in [-0.15, -0.1) is 0 Å². The first-order valence-electron chi connectivity index (χ1n) is 11.0. The van der Waals surface area contributed by atoms with Crippen LogP contribution in [0.5, 0.6) is 0 Å². The molecule has 34 heavy (non-hydrogen) atoms. The Hall–Kier alpha value is -3.44. The Kier molecular flexibility index (Phi) is 5.97. The normalized spacial score (nSPS) is 17.1. The summed E-state index contributed by atoms with van der Waals surface area (Å²) in [5, 5.41) is 7.74. The van der Waals surface area contributed by atoms with Crippen LogP contribution in [0.2, 0.25) is 0 Å². The van der Waals surface area contributed by atoms with Gasteiger partial charge in [0.05, 0.1) is 10.6 Å². The van der Waals surface area contributed by atoms with Crippen molar-refractivity contribution in [3.05, 3.63) is 72.3 Å². The molecular formula is C23H24BN7O2S. The quantitative estimate of drug-likeness (QED) is 0.323. The molecule has 9 nitrogen and oxygen atoms in total. The summed E-state index contributed by atoms with van der Waals surface area (Å²) in [5.41, 5.74) is 9.07. The van der Waals surface area contributed by atoms with Gasteiger partial charge >= 0.3 is 0 Å². The minimum Gasteiger partial charge on any atom is -0.399 e. The van der Waals surface area contributed by atoms with Crippen LogP contribution < -0.4 is 16.5 Å². The monoisotopic (exact) mass is 473 g/mol. The number of aromatic nitrogens is 4. The van der Waals surface area contributed by atoms with Gasteiger partial charge in [0.25, 0.3) is 0 Å². The van der Waals surface area contributed by atoms with Gasteiger partial charge in [-0.05, 0) is 54.2 Å². The molecule has 172 valence electrons. The Morgan fingerprint density at radius 2 is 2.00 bits per heavy atom. The maximum Gasteiger partial charge on any atom is 0.243 e. The van der Waals surface area contributed by atoms with Crippen LogP contribution in [0.1, 0.15) is 30.0 Å². The number of piperidine rings is 1. The summed E-state index contributed by atoms with van der Waals surface area (Å²) >= 11 is 0. The Morgan fingerprint density at radius 1 is 1.18 bits per heavy atom. The van der Waals surface area contributed by atoms with Crippen molar-refractivity contribution in [1.29, 1.82) is 0 Å². The van der Waals surface area contributed by atoms with Crippen molar-refractivity contribution in [2.75, 3.05) is 24.1 Å². The van der Waals surface area contributed by atoms with Crippen molar-refractivity contribution in [3.63, 3.8) is 0 Å². The molecule has 0 bridgehead atoms. The maximum atomic E-state index is 13.2. The van der Waals surface area contributed by atoms with Crippen LogP contribution >= 0.6 is 0 Å². The molecule has 3 N–H and O–H groups in total. The van der Waals surface area contributed by atoms with Crippen molar-refractivity contribution < 1.29 is 8.42 Å². The molecule has 4 heterocycles. The Balaban J connectivity index is 1.44. The van der Waals surface area contributed by atoms with Crippen molar-refractivity contribution >= 4 is 40.5 Å². The van der Waals surface area contributed by atoms with E-state index in [0.29, 0.717) is 36.4 Å². The third-order valence-electron chi connectivity index (χ3n) is 6.04. The van der Waals surface area contributed by atoms with Crippen LogP contribution in [0, 0.1) is 0 Å². The van der Waals surface area contributed by atoms with E-state index >= 15 is 0 Å². The molecule has 2 radical (unpaired) electrons. The zero-order chi connectivity index (χ0) is 23.7. The van der Waals surface area contributed by atoms with Crippen molar-refractivity contribution in [2.24, 2.45) is 0 Å². The number of benzene rings is 1. The molecular weight excluding hydrogens is 449 g/mol. The van der Waals surface area contributed by atoms with E-state index in [-0.39, 0.29) is 10.8 Å². The topological polar surface area (TPSA) is 119 Å². The molecule has 11 heteroatoms. The van der Waals surface area contributed by atoms with Crippen LogP contribution in [-0.4, -0.2) is 53.2 Å². The first kappa shape index (κ1) is 22.4. The fourth-order valence-corrected chi connectivity index (χ4v) is 5.74. The van der Waals surface area contributed by atoms with Crippen LogP contribution in [0.4, 0.5) is 11.5 Å². The Labute approximate surface area is 199 Å². The highest BCUT2D eigenvalue weighted by Crippen LogP contribution is 2.31. The second-order valence-electron chi connectivity index (χ2n) is 8.39. The molecule has 0 aliphatic carbocycles. The molecule has 3 aromatic heterocycles. The van der Waals surface area contributed by atoms with Crippen LogP contribution in [-0.2, 0) is 16.6 Å². The third kappa shape index (κ3) is 4.36. The number of nitrogens with two attached hydrogens (primary N) is 1. The number of hydrogen-bond donors (Lipinski definition) is 2. The predicted octanol–water partition coefficient (Wildman–Crippen LogP) is 1.68. The van der Waals surface area contributed by atoms with Crippen LogP contribution in [0.15, 0.2) is 66.0 Å². The molecule has 1 unspecified atom stereocenters. The average Bonchev–Trinajstić information content (AvgIpc) is 3.24. The number of nitrogens with one attached hydrogen (secondary N) is 1. The molecule has 1 aromatic carbocycles. The van der Waals surface area contributed by atoms with E-state index in [2.05, 4.69) is 15.4 Å². The lowest BCUT2D eigenvalue weighted by Crippen LogP contribution is -2.39. The van der Waals surface area contributed by atoms with Gasteiger partial charge < -0.3 is 11.1 Å². The molecule has 1 saturated heterocycles. The van der Waals surface area contributed by atoms with Gasteiger partial charge in [0.2, 0.25) is 10.0 Å². The lowest BCUT2D eigenvalue weighted by Gasteiger charge is -2.32. The van der Waals surface area contributed by atoms with Gasteiger partial charge in [0, 0.05) is 55.9 Å². The fourth-order valence-electron chi connectivity index (χ4n) is 4.22. The standard InChI is InChI=1S/C23H24BN7O2S/c24-20-14-28-31-22(27-13-16-3-1-9-26-12-16)11-21(29-23(20)31)17-4-2-10-30(15-17)34(32,33)19-7-5-18(25)6-8-19/h1,3,5-9,11-12,14,17,27H,2,4,10,13,15,25H2. The fraction of sp³-hybridized carbons (Fsp3) is 0.261. The second-order valence-corrected chi connectivity index (χ2v) is 10.3. The summed E-state index contributed by atoms with van der Waals surface area (Å²) in [4.78, 5) is 9.15. The summed E-state index contributed by atoms with van der Waals surface area (Å²) in [7, 11) is 2.50. The van der Waals surface area contributed by atoms with Gasteiger partial charge in [-0.1, -0.05) is 6.07 Å². The Bertz CT molecular complexity index is 1410. The largest absolute Gasteiger partial charge is 0.399 e. The lowest BCUT2D eigenvalue weighted by atomic mass is 9.95. The number of sulfonamides is 1. The van der Waals surface area contributed by atoms with E-state index in [1.807, 2.05) is 18.2 Å². The second kappa shape index (κ2) is 9.07. The lowest BCUT2D eigenvalue weighted by molar-refractivity contribution is 0.313. The number of hydrogen-bond acceptors (Lipinski definition) is 7. The van der Waals surface area contributed by atoms with E-state index in [0.717, 1.165) is 29.9 Å². The summed E-state index contributed by atoms with van der Waals surface area (Å²) in [6.07, 6.45) is 6.66. The first-order chi connectivity index (χ1) is 16.4. The maximum absolute atomic E-state index is 13.2. The average molecular weight is 473 g/mol. The molecule has 5 rings (SSSR count). The zero-order valence-corrected chi connectivity index (χ0v) is 19.3. The van der Waals surface area contributed by atoms with E-state index in [9.17, 15) is 8.42 Å². The summed E-state index contributed by atoms with van der Waals surface area (Å²) in [6, 6.07) is 12.1. The summed E-state index contributed by atoms with van der Waals surface area (Å²) in [6.45, 7) is 1.35. The highest BCUT2D eigenvalue weighted by molar-refractivity contribution is 7.89. The summed E-state index contributed by atoms with van der Waals surface area (Å²) < 4.78 is 29.7. The third-order valence-corrected chi connectivity index (χ3v) is 7.91. The number of fused-ring (bicyclic) bond motifs is 1.